The zero-order valence-electron chi connectivity index (χ0n) is 9.65. The van der Waals surface area contributed by atoms with Crippen LogP contribution in [0.4, 0.5) is 0 Å². The van der Waals surface area contributed by atoms with E-state index in [1.165, 1.54) is 0 Å². The van der Waals surface area contributed by atoms with Crippen LogP contribution in [0.2, 0.25) is 0 Å². The Morgan fingerprint density at radius 2 is 2.29 bits per heavy atom. The van der Waals surface area contributed by atoms with E-state index in [1.54, 1.807) is 6.92 Å². The maximum absolute atomic E-state index is 10.8. The molecule has 1 fully saturated rings. The molecule has 0 saturated heterocycles. The van der Waals surface area contributed by atoms with Crippen LogP contribution in [0.3, 0.4) is 0 Å². The summed E-state index contributed by atoms with van der Waals surface area (Å²) in [6, 6.07) is 5.78. The highest BCUT2D eigenvalue weighted by molar-refractivity contribution is 9.10. The summed E-state index contributed by atoms with van der Waals surface area (Å²) in [6.07, 6.45) is 3.17. The first kappa shape index (κ1) is 12.4. The Hall–Kier alpha value is -1.03. The molecule has 0 radical (unpaired) electrons. The number of ether oxygens (including phenoxy) is 1. The van der Waals surface area contributed by atoms with E-state index in [4.69, 9.17) is 9.84 Å². The van der Waals surface area contributed by atoms with Gasteiger partial charge in [-0.3, -0.25) is 4.79 Å². The highest BCUT2D eigenvalue weighted by atomic mass is 79.9. The predicted octanol–water partition coefficient (Wildman–Crippen LogP) is 3.25. The highest BCUT2D eigenvalue weighted by Crippen LogP contribution is 2.33. The molecular weight excluding hydrogens is 284 g/mol. The molecule has 0 heterocycles. The van der Waals surface area contributed by atoms with Gasteiger partial charge in [-0.2, -0.15) is 0 Å². The molecule has 1 aromatic rings. The van der Waals surface area contributed by atoms with Gasteiger partial charge in [0.2, 0.25) is 0 Å². The number of benzene rings is 1. The molecule has 0 amide bonds. The van der Waals surface area contributed by atoms with Crippen LogP contribution in [0.15, 0.2) is 22.7 Å². The number of rotatable bonds is 5. The summed E-state index contributed by atoms with van der Waals surface area (Å²) in [7, 11) is 0. The largest absolute Gasteiger partial charge is 0.489 e. The van der Waals surface area contributed by atoms with Crippen LogP contribution in [-0.4, -0.2) is 17.2 Å². The number of halogens is 1. The smallest absolute Gasteiger partial charge is 0.306 e. The Balaban J connectivity index is 2.04. The summed E-state index contributed by atoms with van der Waals surface area (Å²) in [5.41, 5.74) is 1.01. The number of carbonyl (C=O) groups is 1. The second kappa shape index (κ2) is 5.08. The second-order valence-electron chi connectivity index (χ2n) is 4.53. The summed E-state index contributed by atoms with van der Waals surface area (Å²) >= 11 is 3.46. The minimum absolute atomic E-state index is 0.364. The summed E-state index contributed by atoms with van der Waals surface area (Å²) in [6.45, 7) is 1.71. The summed E-state index contributed by atoms with van der Waals surface area (Å²) in [5, 5.41) is 8.86. The molecule has 1 N–H and O–H groups in total. The van der Waals surface area contributed by atoms with Crippen LogP contribution in [0.5, 0.6) is 5.75 Å². The average molecular weight is 299 g/mol. The maximum atomic E-state index is 10.8. The van der Waals surface area contributed by atoms with Gasteiger partial charge in [-0.05, 0) is 52.9 Å². The van der Waals surface area contributed by atoms with Crippen molar-refractivity contribution in [3.8, 4) is 5.75 Å². The van der Waals surface area contributed by atoms with Crippen molar-refractivity contribution < 1.29 is 14.6 Å². The number of carboxylic acid groups (broad SMARTS) is 1. The molecule has 1 unspecified atom stereocenters. The Bertz CT molecular complexity index is 427. The van der Waals surface area contributed by atoms with Gasteiger partial charge in [0.15, 0.2) is 0 Å². The van der Waals surface area contributed by atoms with Crippen molar-refractivity contribution in [2.24, 2.45) is 5.92 Å². The first-order valence-electron chi connectivity index (χ1n) is 5.74. The van der Waals surface area contributed by atoms with Crippen LogP contribution in [-0.2, 0) is 11.2 Å². The van der Waals surface area contributed by atoms with Crippen molar-refractivity contribution in [1.82, 2.24) is 0 Å². The highest BCUT2D eigenvalue weighted by Gasteiger charge is 2.24. The van der Waals surface area contributed by atoms with Crippen molar-refractivity contribution in [1.29, 1.82) is 0 Å². The Kier molecular flexibility index (Phi) is 3.72. The lowest BCUT2D eigenvalue weighted by molar-refractivity contribution is -0.141. The van der Waals surface area contributed by atoms with E-state index in [1.807, 2.05) is 18.2 Å². The SMILES string of the molecule is CC(Cc1ccc(OC2CC2)c(Br)c1)C(=O)O. The molecule has 1 atom stereocenters. The van der Waals surface area contributed by atoms with E-state index < -0.39 is 5.97 Å². The lowest BCUT2D eigenvalue weighted by Crippen LogP contribution is -2.12. The topological polar surface area (TPSA) is 46.5 Å². The molecule has 92 valence electrons. The summed E-state index contributed by atoms with van der Waals surface area (Å²) in [4.78, 5) is 10.8. The molecule has 0 spiro atoms. The van der Waals surface area contributed by atoms with Crippen LogP contribution in [0.25, 0.3) is 0 Å². The Labute approximate surface area is 109 Å². The minimum Gasteiger partial charge on any atom is -0.489 e. The average Bonchev–Trinajstić information content (AvgIpc) is 3.06. The van der Waals surface area contributed by atoms with E-state index in [0.29, 0.717) is 12.5 Å². The summed E-state index contributed by atoms with van der Waals surface area (Å²) < 4.78 is 6.60. The van der Waals surface area contributed by atoms with Crippen LogP contribution in [0, 0.1) is 5.92 Å². The fourth-order valence-corrected chi connectivity index (χ4v) is 2.09. The monoisotopic (exact) mass is 298 g/mol. The number of carboxylic acids is 1. The van der Waals surface area contributed by atoms with Gasteiger partial charge in [-0.1, -0.05) is 13.0 Å². The van der Waals surface area contributed by atoms with Crippen LogP contribution < -0.4 is 4.74 Å². The third-order valence-electron chi connectivity index (χ3n) is 2.78. The molecule has 2 rings (SSSR count). The van der Waals surface area contributed by atoms with Gasteiger partial charge < -0.3 is 9.84 Å². The first-order chi connectivity index (χ1) is 8.06. The van der Waals surface area contributed by atoms with Crippen molar-refractivity contribution >= 4 is 21.9 Å². The van der Waals surface area contributed by atoms with Gasteiger partial charge in [0.25, 0.3) is 0 Å². The lowest BCUT2D eigenvalue weighted by atomic mass is 10.0. The van der Waals surface area contributed by atoms with E-state index in [2.05, 4.69) is 15.9 Å². The molecule has 0 aliphatic heterocycles. The zero-order chi connectivity index (χ0) is 12.4. The van der Waals surface area contributed by atoms with E-state index in [0.717, 1.165) is 28.6 Å². The lowest BCUT2D eigenvalue weighted by Gasteiger charge is -2.10. The number of aliphatic carboxylic acids is 1. The molecule has 17 heavy (non-hydrogen) atoms. The molecule has 1 saturated carbocycles. The van der Waals surface area contributed by atoms with Crippen LogP contribution in [0.1, 0.15) is 25.3 Å². The Morgan fingerprint density at radius 3 is 2.82 bits per heavy atom. The Morgan fingerprint density at radius 1 is 1.59 bits per heavy atom. The van der Waals surface area contributed by atoms with Crippen molar-refractivity contribution in [3.63, 3.8) is 0 Å². The van der Waals surface area contributed by atoms with Gasteiger partial charge >= 0.3 is 5.97 Å². The molecule has 1 aromatic carbocycles. The van der Waals surface area contributed by atoms with Gasteiger partial charge in [-0.15, -0.1) is 0 Å². The fraction of sp³-hybridized carbons (Fsp3) is 0.462. The predicted molar refractivity (Wildman–Crippen MR) is 68.3 cm³/mol. The van der Waals surface area contributed by atoms with Crippen molar-refractivity contribution in [2.45, 2.75) is 32.3 Å². The van der Waals surface area contributed by atoms with Crippen molar-refractivity contribution in [2.75, 3.05) is 0 Å². The quantitative estimate of drug-likeness (QED) is 0.907. The third-order valence-corrected chi connectivity index (χ3v) is 3.40. The molecule has 1 aliphatic rings. The molecule has 1 aliphatic carbocycles. The van der Waals surface area contributed by atoms with Gasteiger partial charge in [0.1, 0.15) is 5.75 Å². The minimum atomic E-state index is -0.764. The normalized spacial score (nSPS) is 16.6. The molecule has 0 aromatic heterocycles. The molecule has 4 heteroatoms. The van der Waals surface area contributed by atoms with Gasteiger partial charge in [-0.25, -0.2) is 0 Å². The molecule has 0 bridgehead atoms. The first-order valence-corrected chi connectivity index (χ1v) is 6.53. The van der Waals surface area contributed by atoms with Crippen LogP contribution >= 0.6 is 15.9 Å². The van der Waals surface area contributed by atoms with E-state index in [9.17, 15) is 4.79 Å². The van der Waals surface area contributed by atoms with E-state index in [-0.39, 0.29) is 5.92 Å². The number of hydrogen-bond acceptors (Lipinski definition) is 2. The maximum Gasteiger partial charge on any atom is 0.306 e. The molecule has 3 nitrogen and oxygen atoms in total. The summed E-state index contributed by atoms with van der Waals surface area (Å²) in [5.74, 6) is -0.282. The fourth-order valence-electron chi connectivity index (χ4n) is 1.57. The number of hydrogen-bond donors (Lipinski definition) is 1. The second-order valence-corrected chi connectivity index (χ2v) is 5.38. The van der Waals surface area contributed by atoms with Gasteiger partial charge in [0.05, 0.1) is 16.5 Å². The van der Waals surface area contributed by atoms with Crippen molar-refractivity contribution in [3.05, 3.63) is 28.2 Å². The zero-order valence-corrected chi connectivity index (χ0v) is 11.2. The van der Waals surface area contributed by atoms with Gasteiger partial charge in [0, 0.05) is 0 Å². The standard InChI is InChI=1S/C13H15BrO3/c1-8(13(15)16)6-9-2-5-12(11(14)7-9)17-10-3-4-10/h2,5,7-8,10H,3-4,6H2,1H3,(H,15,16). The third kappa shape index (κ3) is 3.46. The molecular formula is C13H15BrO3. The van der Waals surface area contributed by atoms with E-state index >= 15 is 0 Å².